The molecule has 0 saturated heterocycles. The van der Waals surface area contributed by atoms with E-state index in [1.807, 2.05) is 13.8 Å². The number of hydrogen-bond donors (Lipinski definition) is 2. The molecule has 1 rings (SSSR count). The van der Waals surface area contributed by atoms with Crippen LogP contribution in [-0.2, 0) is 11.8 Å². The van der Waals surface area contributed by atoms with E-state index in [1.165, 1.54) is 0 Å². The first kappa shape index (κ1) is 15.2. The van der Waals surface area contributed by atoms with Crippen LogP contribution in [0.1, 0.15) is 43.6 Å². The minimum absolute atomic E-state index is 0.101. The van der Waals surface area contributed by atoms with E-state index in [9.17, 15) is 9.59 Å². The molecule has 0 aliphatic rings. The molecule has 1 aromatic heterocycles. The number of imidazole rings is 1. The summed E-state index contributed by atoms with van der Waals surface area (Å²) in [7, 11) is 1.80. The molecule has 0 radical (unpaired) electrons. The van der Waals surface area contributed by atoms with Crippen LogP contribution >= 0.6 is 0 Å². The summed E-state index contributed by atoms with van der Waals surface area (Å²) in [5, 5.41) is 11.5. The van der Waals surface area contributed by atoms with Crippen LogP contribution in [0, 0.1) is 5.41 Å². The second-order valence-corrected chi connectivity index (χ2v) is 5.49. The van der Waals surface area contributed by atoms with E-state index in [1.54, 1.807) is 24.1 Å². The summed E-state index contributed by atoms with van der Waals surface area (Å²) in [5.41, 5.74) is 0.293. The summed E-state index contributed by atoms with van der Waals surface area (Å²) in [4.78, 5) is 26.2. The molecule has 1 amide bonds. The third-order valence-corrected chi connectivity index (χ3v) is 3.04. The van der Waals surface area contributed by atoms with Gasteiger partial charge in [0, 0.05) is 26.2 Å². The molecule has 0 aliphatic heterocycles. The predicted octanol–water partition coefficient (Wildman–Crippen LogP) is 1.43. The fraction of sp³-hybridized carbons (Fsp3) is 0.615. The van der Waals surface area contributed by atoms with Crippen LogP contribution in [0.5, 0.6) is 0 Å². The van der Waals surface area contributed by atoms with E-state index in [2.05, 4.69) is 10.3 Å². The van der Waals surface area contributed by atoms with Crippen molar-refractivity contribution in [2.75, 3.05) is 6.54 Å². The first-order chi connectivity index (χ1) is 8.80. The number of aliphatic carboxylic acids is 1. The van der Waals surface area contributed by atoms with Gasteiger partial charge >= 0.3 is 5.97 Å². The van der Waals surface area contributed by atoms with Crippen LogP contribution in [0.25, 0.3) is 0 Å². The van der Waals surface area contributed by atoms with Gasteiger partial charge in [0.1, 0.15) is 5.69 Å². The van der Waals surface area contributed by atoms with Crippen LogP contribution in [-0.4, -0.2) is 33.1 Å². The molecule has 6 heteroatoms. The van der Waals surface area contributed by atoms with Crippen LogP contribution in [0.2, 0.25) is 0 Å². The highest BCUT2D eigenvalue weighted by Gasteiger charge is 2.19. The molecule has 0 aromatic carbocycles. The van der Waals surface area contributed by atoms with Crippen LogP contribution in [0.4, 0.5) is 0 Å². The number of carboxylic acid groups (broad SMARTS) is 1. The Morgan fingerprint density at radius 3 is 2.63 bits per heavy atom. The Bertz CT molecular complexity index is 452. The molecule has 0 saturated carbocycles. The second kappa shape index (κ2) is 6.36. The zero-order valence-corrected chi connectivity index (χ0v) is 11.6. The van der Waals surface area contributed by atoms with Crippen molar-refractivity contribution in [2.24, 2.45) is 12.5 Å². The Morgan fingerprint density at radius 2 is 2.11 bits per heavy atom. The first-order valence-electron chi connectivity index (χ1n) is 6.28. The highest BCUT2D eigenvalue weighted by atomic mass is 16.4. The van der Waals surface area contributed by atoms with Crippen molar-refractivity contribution in [2.45, 2.75) is 33.1 Å². The predicted molar refractivity (Wildman–Crippen MR) is 70.8 cm³/mol. The van der Waals surface area contributed by atoms with Crippen molar-refractivity contribution >= 4 is 11.9 Å². The average Bonchev–Trinajstić information content (AvgIpc) is 2.73. The number of carbonyl (C=O) groups is 2. The summed E-state index contributed by atoms with van der Waals surface area (Å²) in [6.45, 7) is 4.52. The molecule has 0 bridgehead atoms. The van der Waals surface area contributed by atoms with E-state index in [-0.39, 0.29) is 17.7 Å². The Kier molecular flexibility index (Phi) is 5.09. The van der Waals surface area contributed by atoms with Gasteiger partial charge in [0.05, 0.1) is 6.33 Å². The van der Waals surface area contributed by atoms with Crippen molar-refractivity contribution < 1.29 is 14.7 Å². The Balaban J connectivity index is 2.33. The molecular formula is C13H21N3O3. The van der Waals surface area contributed by atoms with Gasteiger partial charge in [0.2, 0.25) is 0 Å². The largest absolute Gasteiger partial charge is 0.481 e. The molecule has 106 valence electrons. The zero-order valence-electron chi connectivity index (χ0n) is 11.6. The van der Waals surface area contributed by atoms with Crippen LogP contribution < -0.4 is 5.32 Å². The smallest absolute Gasteiger partial charge is 0.303 e. The van der Waals surface area contributed by atoms with Gasteiger partial charge in [-0.3, -0.25) is 9.59 Å². The Morgan fingerprint density at radius 1 is 1.42 bits per heavy atom. The van der Waals surface area contributed by atoms with Crippen molar-refractivity contribution in [1.29, 1.82) is 0 Å². The van der Waals surface area contributed by atoms with Gasteiger partial charge in [-0.15, -0.1) is 0 Å². The molecule has 6 nitrogen and oxygen atoms in total. The fourth-order valence-electron chi connectivity index (χ4n) is 1.71. The molecule has 2 N–H and O–H groups in total. The first-order valence-corrected chi connectivity index (χ1v) is 6.28. The summed E-state index contributed by atoms with van der Waals surface area (Å²) in [6, 6.07) is 0. The number of aromatic nitrogens is 2. The van der Waals surface area contributed by atoms with E-state index in [0.29, 0.717) is 18.7 Å². The number of aryl methyl sites for hydroxylation is 1. The summed E-state index contributed by atoms with van der Waals surface area (Å²) in [5.74, 6) is -0.986. The zero-order chi connectivity index (χ0) is 14.5. The molecule has 0 unspecified atom stereocenters. The van der Waals surface area contributed by atoms with Crippen molar-refractivity contribution in [1.82, 2.24) is 14.9 Å². The molecule has 1 heterocycles. The minimum atomic E-state index is -0.786. The minimum Gasteiger partial charge on any atom is -0.481 e. The molecule has 0 atom stereocenters. The highest BCUT2D eigenvalue weighted by Crippen LogP contribution is 2.25. The number of carboxylic acids is 1. The van der Waals surface area contributed by atoms with Gasteiger partial charge in [0.15, 0.2) is 0 Å². The number of rotatable bonds is 7. The number of hydrogen-bond acceptors (Lipinski definition) is 3. The molecule has 1 aromatic rings. The fourth-order valence-corrected chi connectivity index (χ4v) is 1.71. The third-order valence-electron chi connectivity index (χ3n) is 3.04. The molecule has 0 spiro atoms. The van der Waals surface area contributed by atoms with Crippen LogP contribution in [0.3, 0.4) is 0 Å². The van der Waals surface area contributed by atoms with Gasteiger partial charge in [-0.25, -0.2) is 4.98 Å². The SMILES string of the molecule is Cn1cnc(C(=O)NCCC(C)(C)CCC(=O)O)c1. The second-order valence-electron chi connectivity index (χ2n) is 5.49. The Hall–Kier alpha value is -1.85. The lowest BCUT2D eigenvalue weighted by molar-refractivity contribution is -0.137. The normalized spacial score (nSPS) is 11.3. The number of nitrogens with zero attached hydrogens (tertiary/aromatic N) is 2. The lowest BCUT2D eigenvalue weighted by Crippen LogP contribution is -2.28. The van der Waals surface area contributed by atoms with Crippen LogP contribution in [0.15, 0.2) is 12.5 Å². The number of carbonyl (C=O) groups excluding carboxylic acids is 1. The van der Waals surface area contributed by atoms with E-state index >= 15 is 0 Å². The summed E-state index contributed by atoms with van der Waals surface area (Å²) in [6.07, 6.45) is 4.72. The van der Waals surface area contributed by atoms with Crippen molar-refractivity contribution in [3.05, 3.63) is 18.2 Å². The van der Waals surface area contributed by atoms with E-state index in [0.717, 1.165) is 6.42 Å². The van der Waals surface area contributed by atoms with Gasteiger partial charge in [0.25, 0.3) is 5.91 Å². The number of nitrogens with one attached hydrogen (secondary N) is 1. The molecule has 0 aliphatic carbocycles. The highest BCUT2D eigenvalue weighted by molar-refractivity contribution is 5.91. The van der Waals surface area contributed by atoms with Gasteiger partial charge in [-0.05, 0) is 18.3 Å². The third kappa shape index (κ3) is 5.54. The topological polar surface area (TPSA) is 84.2 Å². The van der Waals surface area contributed by atoms with E-state index < -0.39 is 5.97 Å². The lowest BCUT2D eigenvalue weighted by Gasteiger charge is -2.23. The molecule has 0 fully saturated rings. The maximum absolute atomic E-state index is 11.7. The van der Waals surface area contributed by atoms with Crippen molar-refractivity contribution in [3.8, 4) is 0 Å². The lowest BCUT2D eigenvalue weighted by atomic mass is 9.84. The van der Waals surface area contributed by atoms with Crippen molar-refractivity contribution in [3.63, 3.8) is 0 Å². The molecular weight excluding hydrogens is 246 g/mol. The van der Waals surface area contributed by atoms with Gasteiger partial charge < -0.3 is 15.0 Å². The monoisotopic (exact) mass is 267 g/mol. The maximum atomic E-state index is 11.7. The quantitative estimate of drug-likeness (QED) is 0.782. The average molecular weight is 267 g/mol. The summed E-state index contributed by atoms with van der Waals surface area (Å²) >= 11 is 0. The van der Waals surface area contributed by atoms with E-state index in [4.69, 9.17) is 5.11 Å². The summed E-state index contributed by atoms with van der Waals surface area (Å²) < 4.78 is 1.71. The standard InChI is InChI=1S/C13H21N3O3/c1-13(2,5-4-11(17)18)6-7-14-12(19)10-8-16(3)9-15-10/h8-9H,4-7H2,1-3H3,(H,14,19)(H,17,18). The Labute approximate surface area is 112 Å². The van der Waals surface area contributed by atoms with Gasteiger partial charge in [-0.2, -0.15) is 0 Å². The maximum Gasteiger partial charge on any atom is 0.303 e. The number of amides is 1. The van der Waals surface area contributed by atoms with Gasteiger partial charge in [-0.1, -0.05) is 13.8 Å². The molecule has 19 heavy (non-hydrogen) atoms.